The molecule has 3 heteroatoms. The van der Waals surface area contributed by atoms with Crippen LogP contribution in [0.4, 0.5) is 0 Å². The SMILES string of the molecule is CCC(CC)C(=O)N1CCC2(CCCN2C)CC1. The highest BCUT2D eigenvalue weighted by Gasteiger charge is 2.42. The zero-order valence-electron chi connectivity index (χ0n) is 12.2. The Morgan fingerprint density at radius 3 is 2.17 bits per heavy atom. The van der Waals surface area contributed by atoms with Gasteiger partial charge in [-0.1, -0.05) is 13.8 Å². The molecule has 2 rings (SSSR count). The summed E-state index contributed by atoms with van der Waals surface area (Å²) < 4.78 is 0. The third-order valence-corrected chi connectivity index (χ3v) is 5.29. The molecule has 1 spiro atoms. The molecule has 0 N–H and O–H groups in total. The summed E-state index contributed by atoms with van der Waals surface area (Å²) in [6.45, 7) is 7.43. The first-order valence-corrected chi connectivity index (χ1v) is 7.63. The van der Waals surface area contributed by atoms with Crippen LogP contribution in [0.3, 0.4) is 0 Å². The predicted octanol–water partition coefficient (Wildman–Crippen LogP) is 2.51. The van der Waals surface area contributed by atoms with Crippen molar-refractivity contribution >= 4 is 5.91 Å². The van der Waals surface area contributed by atoms with Crippen molar-refractivity contribution in [2.45, 2.75) is 57.9 Å². The minimum absolute atomic E-state index is 0.250. The van der Waals surface area contributed by atoms with E-state index in [1.807, 2.05) is 0 Å². The third kappa shape index (κ3) is 2.42. The van der Waals surface area contributed by atoms with Gasteiger partial charge >= 0.3 is 0 Å². The summed E-state index contributed by atoms with van der Waals surface area (Å²) >= 11 is 0. The third-order valence-electron chi connectivity index (χ3n) is 5.29. The van der Waals surface area contributed by atoms with Gasteiger partial charge in [0.05, 0.1) is 0 Å². The fourth-order valence-electron chi connectivity index (χ4n) is 3.74. The lowest BCUT2D eigenvalue weighted by Crippen LogP contribution is -2.52. The average molecular weight is 252 g/mol. The van der Waals surface area contributed by atoms with E-state index in [2.05, 4.69) is 30.7 Å². The fourth-order valence-corrected chi connectivity index (χ4v) is 3.74. The van der Waals surface area contributed by atoms with E-state index in [4.69, 9.17) is 0 Å². The highest BCUT2D eigenvalue weighted by Crippen LogP contribution is 2.37. The first-order valence-electron chi connectivity index (χ1n) is 7.63. The van der Waals surface area contributed by atoms with Crippen LogP contribution in [0, 0.1) is 5.92 Å². The molecule has 2 saturated heterocycles. The van der Waals surface area contributed by atoms with Gasteiger partial charge in [0, 0.05) is 24.5 Å². The van der Waals surface area contributed by atoms with E-state index in [1.54, 1.807) is 0 Å². The molecule has 0 aromatic carbocycles. The largest absolute Gasteiger partial charge is 0.342 e. The van der Waals surface area contributed by atoms with Gasteiger partial charge in [0.15, 0.2) is 0 Å². The second kappa shape index (κ2) is 5.60. The number of hydrogen-bond donors (Lipinski definition) is 0. The summed E-state index contributed by atoms with van der Waals surface area (Å²) in [5.41, 5.74) is 0.421. The number of likely N-dealkylation sites (tertiary alicyclic amines) is 2. The van der Waals surface area contributed by atoms with Gasteiger partial charge in [-0.3, -0.25) is 4.79 Å². The van der Waals surface area contributed by atoms with Crippen molar-refractivity contribution in [3.05, 3.63) is 0 Å². The van der Waals surface area contributed by atoms with Crippen molar-refractivity contribution in [3.8, 4) is 0 Å². The van der Waals surface area contributed by atoms with Gasteiger partial charge < -0.3 is 9.80 Å². The fraction of sp³-hybridized carbons (Fsp3) is 0.933. The van der Waals surface area contributed by atoms with Crippen molar-refractivity contribution in [1.29, 1.82) is 0 Å². The lowest BCUT2D eigenvalue weighted by Gasteiger charge is -2.44. The summed E-state index contributed by atoms with van der Waals surface area (Å²) in [6.07, 6.45) is 6.98. The van der Waals surface area contributed by atoms with Crippen molar-refractivity contribution in [1.82, 2.24) is 9.80 Å². The molecule has 3 nitrogen and oxygen atoms in total. The highest BCUT2D eigenvalue weighted by molar-refractivity contribution is 5.78. The second-order valence-corrected chi connectivity index (χ2v) is 6.09. The van der Waals surface area contributed by atoms with Crippen LogP contribution in [0.2, 0.25) is 0 Å². The van der Waals surface area contributed by atoms with Crippen LogP contribution in [-0.4, -0.2) is 47.9 Å². The zero-order valence-corrected chi connectivity index (χ0v) is 12.2. The molecule has 2 aliphatic rings. The number of rotatable bonds is 3. The molecule has 2 fully saturated rings. The van der Waals surface area contributed by atoms with E-state index in [9.17, 15) is 4.79 Å². The molecule has 0 aliphatic carbocycles. The molecule has 2 aliphatic heterocycles. The van der Waals surface area contributed by atoms with Crippen molar-refractivity contribution in [2.24, 2.45) is 5.92 Å². The molecular weight excluding hydrogens is 224 g/mol. The van der Waals surface area contributed by atoms with E-state index in [-0.39, 0.29) is 5.92 Å². The van der Waals surface area contributed by atoms with Crippen LogP contribution in [0.1, 0.15) is 52.4 Å². The molecule has 0 radical (unpaired) electrons. The predicted molar refractivity (Wildman–Crippen MR) is 74.5 cm³/mol. The lowest BCUT2D eigenvalue weighted by molar-refractivity contribution is -0.138. The normalized spacial score (nSPS) is 24.1. The topological polar surface area (TPSA) is 23.6 Å². The summed E-state index contributed by atoms with van der Waals surface area (Å²) in [7, 11) is 2.26. The molecular formula is C15H28N2O. The number of carbonyl (C=O) groups is 1. The number of amides is 1. The van der Waals surface area contributed by atoms with Gasteiger partial charge in [0.25, 0.3) is 0 Å². The van der Waals surface area contributed by atoms with E-state index < -0.39 is 0 Å². The molecule has 0 aromatic heterocycles. The first kappa shape index (κ1) is 13.9. The zero-order chi connectivity index (χ0) is 13.2. The van der Waals surface area contributed by atoms with Gasteiger partial charge in [-0.15, -0.1) is 0 Å². The molecule has 18 heavy (non-hydrogen) atoms. The van der Waals surface area contributed by atoms with E-state index in [0.717, 1.165) is 25.9 Å². The molecule has 0 unspecified atom stereocenters. The summed E-state index contributed by atoms with van der Waals surface area (Å²) in [4.78, 5) is 17.0. The Labute approximate surface area is 112 Å². The lowest BCUT2D eigenvalue weighted by atomic mass is 9.84. The van der Waals surface area contributed by atoms with Crippen molar-refractivity contribution < 1.29 is 4.79 Å². The molecule has 0 saturated carbocycles. The van der Waals surface area contributed by atoms with Gasteiger partial charge in [-0.25, -0.2) is 0 Å². The standard InChI is InChI=1S/C15H28N2O/c1-4-13(5-2)14(18)17-11-8-15(9-12-17)7-6-10-16(15)3/h13H,4-12H2,1-3H3. The molecule has 2 heterocycles. The molecule has 104 valence electrons. The Balaban J connectivity index is 1.92. The average Bonchev–Trinajstić information content (AvgIpc) is 2.73. The number of nitrogens with zero attached hydrogens (tertiary/aromatic N) is 2. The molecule has 0 atom stereocenters. The summed E-state index contributed by atoms with van der Waals surface area (Å²) in [5, 5.41) is 0. The Hall–Kier alpha value is -0.570. The Bertz CT molecular complexity index is 291. The van der Waals surface area contributed by atoms with Crippen LogP contribution < -0.4 is 0 Å². The summed E-state index contributed by atoms with van der Waals surface area (Å²) in [6, 6.07) is 0. The van der Waals surface area contributed by atoms with Gasteiger partial charge in [-0.05, 0) is 52.1 Å². The van der Waals surface area contributed by atoms with Crippen LogP contribution in [0.15, 0.2) is 0 Å². The van der Waals surface area contributed by atoms with Crippen LogP contribution >= 0.6 is 0 Å². The van der Waals surface area contributed by atoms with E-state index >= 15 is 0 Å². The number of piperidine rings is 1. The summed E-state index contributed by atoms with van der Waals surface area (Å²) in [5.74, 6) is 0.649. The molecule has 1 amide bonds. The first-order chi connectivity index (χ1) is 8.63. The van der Waals surface area contributed by atoms with Gasteiger partial charge in [-0.2, -0.15) is 0 Å². The van der Waals surface area contributed by atoms with Crippen molar-refractivity contribution in [2.75, 3.05) is 26.7 Å². The minimum atomic E-state index is 0.250. The maximum atomic E-state index is 12.4. The van der Waals surface area contributed by atoms with Gasteiger partial charge in [0.2, 0.25) is 5.91 Å². The number of hydrogen-bond acceptors (Lipinski definition) is 2. The monoisotopic (exact) mass is 252 g/mol. The minimum Gasteiger partial charge on any atom is -0.342 e. The Morgan fingerprint density at radius 1 is 1.11 bits per heavy atom. The quantitative estimate of drug-likeness (QED) is 0.770. The Kier molecular flexibility index (Phi) is 4.31. The van der Waals surface area contributed by atoms with Crippen LogP contribution in [0.25, 0.3) is 0 Å². The molecule has 0 bridgehead atoms. The maximum absolute atomic E-state index is 12.4. The van der Waals surface area contributed by atoms with Crippen LogP contribution in [-0.2, 0) is 4.79 Å². The van der Waals surface area contributed by atoms with Gasteiger partial charge in [0.1, 0.15) is 0 Å². The second-order valence-electron chi connectivity index (χ2n) is 6.09. The maximum Gasteiger partial charge on any atom is 0.225 e. The highest BCUT2D eigenvalue weighted by atomic mass is 16.2. The molecule has 0 aromatic rings. The smallest absolute Gasteiger partial charge is 0.225 e. The van der Waals surface area contributed by atoms with E-state index in [1.165, 1.54) is 32.2 Å². The Morgan fingerprint density at radius 2 is 1.72 bits per heavy atom. The van der Waals surface area contributed by atoms with Crippen molar-refractivity contribution in [3.63, 3.8) is 0 Å². The van der Waals surface area contributed by atoms with E-state index in [0.29, 0.717) is 11.4 Å². The number of carbonyl (C=O) groups excluding carboxylic acids is 1. The van der Waals surface area contributed by atoms with Crippen LogP contribution in [0.5, 0.6) is 0 Å².